The van der Waals surface area contributed by atoms with Gasteiger partial charge in [0, 0.05) is 11.6 Å². The highest BCUT2D eigenvalue weighted by atomic mass is 32.2. The standard InChI is InChI=1S/C20H26N4O4S2/c1-2-16(30(27,28)13-17(25)21-15-11-7-4-8-12-15)18(26)22-20-24-23-19(29-20)14-9-5-3-6-10-14/h4,7-8,11-12,14,16H,2-3,5-6,9-10,13H2,1H3,(H,21,25)(H,22,24,26). The molecule has 1 atom stereocenters. The number of nitrogens with zero attached hydrogens (tertiary/aromatic N) is 2. The van der Waals surface area contributed by atoms with Gasteiger partial charge in [0.25, 0.3) is 0 Å². The first kappa shape index (κ1) is 22.4. The van der Waals surface area contributed by atoms with E-state index in [1.165, 1.54) is 17.8 Å². The largest absolute Gasteiger partial charge is 0.325 e. The number of carbonyl (C=O) groups is 2. The van der Waals surface area contributed by atoms with E-state index in [2.05, 4.69) is 20.8 Å². The Bertz CT molecular complexity index is 970. The monoisotopic (exact) mass is 450 g/mol. The van der Waals surface area contributed by atoms with Crippen LogP contribution in [0.15, 0.2) is 30.3 Å². The van der Waals surface area contributed by atoms with E-state index in [0.717, 1.165) is 30.7 Å². The van der Waals surface area contributed by atoms with E-state index >= 15 is 0 Å². The number of para-hydroxylation sites is 1. The maximum atomic E-state index is 12.7. The molecule has 0 bridgehead atoms. The van der Waals surface area contributed by atoms with Crippen molar-refractivity contribution in [3.05, 3.63) is 35.3 Å². The van der Waals surface area contributed by atoms with Gasteiger partial charge in [-0.15, -0.1) is 10.2 Å². The Labute approximate surface area is 180 Å². The number of benzene rings is 1. The highest BCUT2D eigenvalue weighted by Crippen LogP contribution is 2.35. The Balaban J connectivity index is 1.61. The molecule has 1 aliphatic rings. The van der Waals surface area contributed by atoms with Crippen LogP contribution in [0.5, 0.6) is 0 Å². The van der Waals surface area contributed by atoms with Crippen molar-refractivity contribution in [3.63, 3.8) is 0 Å². The second kappa shape index (κ2) is 10.1. The van der Waals surface area contributed by atoms with Crippen LogP contribution in [0.1, 0.15) is 56.4 Å². The van der Waals surface area contributed by atoms with E-state index in [1.807, 2.05) is 0 Å². The smallest absolute Gasteiger partial charge is 0.244 e. The molecule has 1 aromatic heterocycles. The van der Waals surface area contributed by atoms with Gasteiger partial charge in [-0.3, -0.25) is 14.9 Å². The molecule has 1 saturated carbocycles. The summed E-state index contributed by atoms with van der Waals surface area (Å²) >= 11 is 1.29. The van der Waals surface area contributed by atoms with Gasteiger partial charge >= 0.3 is 0 Å². The molecule has 8 nitrogen and oxygen atoms in total. The van der Waals surface area contributed by atoms with Crippen LogP contribution in [0.3, 0.4) is 0 Å². The lowest BCUT2D eigenvalue weighted by molar-refractivity contribution is -0.115. The fraction of sp³-hybridized carbons (Fsp3) is 0.500. The van der Waals surface area contributed by atoms with Crippen molar-refractivity contribution >= 4 is 43.8 Å². The maximum Gasteiger partial charge on any atom is 0.244 e. The van der Waals surface area contributed by atoms with Crippen molar-refractivity contribution in [1.82, 2.24) is 10.2 Å². The molecular weight excluding hydrogens is 424 g/mol. The van der Waals surface area contributed by atoms with Gasteiger partial charge in [0.05, 0.1) is 0 Å². The van der Waals surface area contributed by atoms with Crippen molar-refractivity contribution in [2.75, 3.05) is 16.4 Å². The lowest BCUT2D eigenvalue weighted by Crippen LogP contribution is -2.39. The topological polar surface area (TPSA) is 118 Å². The summed E-state index contributed by atoms with van der Waals surface area (Å²) in [4.78, 5) is 24.8. The second-order valence-electron chi connectivity index (χ2n) is 7.39. The van der Waals surface area contributed by atoms with Gasteiger partial charge in [-0.05, 0) is 31.4 Å². The lowest BCUT2D eigenvalue weighted by Gasteiger charge is -2.18. The minimum absolute atomic E-state index is 0.0566. The summed E-state index contributed by atoms with van der Waals surface area (Å²) in [5.74, 6) is -1.77. The SMILES string of the molecule is CCC(C(=O)Nc1nnc(C2CCCCC2)s1)S(=O)(=O)CC(=O)Nc1ccccc1. The molecule has 1 heterocycles. The second-order valence-corrected chi connectivity index (χ2v) is 10.6. The molecule has 0 saturated heterocycles. The maximum absolute atomic E-state index is 12.7. The molecule has 1 fully saturated rings. The fourth-order valence-corrected chi connectivity index (χ4v) is 6.04. The summed E-state index contributed by atoms with van der Waals surface area (Å²) in [6.45, 7) is 1.60. The van der Waals surface area contributed by atoms with Gasteiger partial charge in [0.2, 0.25) is 16.9 Å². The molecular formula is C20H26N4O4S2. The zero-order valence-electron chi connectivity index (χ0n) is 16.8. The number of hydrogen-bond acceptors (Lipinski definition) is 7. The van der Waals surface area contributed by atoms with Gasteiger partial charge in [0.15, 0.2) is 9.84 Å². The first-order chi connectivity index (χ1) is 14.4. The molecule has 162 valence electrons. The molecule has 2 amide bonds. The summed E-state index contributed by atoms with van der Waals surface area (Å²) in [6, 6.07) is 8.57. The predicted molar refractivity (Wildman–Crippen MR) is 117 cm³/mol. The fourth-order valence-electron chi connectivity index (χ4n) is 3.59. The molecule has 1 aliphatic carbocycles. The van der Waals surface area contributed by atoms with Gasteiger partial charge in [-0.25, -0.2) is 8.42 Å². The zero-order valence-corrected chi connectivity index (χ0v) is 18.5. The number of anilines is 2. The van der Waals surface area contributed by atoms with Crippen molar-refractivity contribution < 1.29 is 18.0 Å². The third-order valence-electron chi connectivity index (χ3n) is 5.11. The van der Waals surface area contributed by atoms with Crippen molar-refractivity contribution in [2.45, 2.75) is 56.6 Å². The molecule has 2 N–H and O–H groups in total. The number of rotatable bonds is 8. The Morgan fingerprint density at radius 3 is 2.47 bits per heavy atom. The van der Waals surface area contributed by atoms with E-state index in [9.17, 15) is 18.0 Å². The Hall–Kier alpha value is -2.33. The Morgan fingerprint density at radius 2 is 1.80 bits per heavy atom. The molecule has 0 aliphatic heterocycles. The van der Waals surface area contributed by atoms with E-state index in [1.54, 1.807) is 37.3 Å². The number of amides is 2. The van der Waals surface area contributed by atoms with Crippen LogP contribution >= 0.6 is 11.3 Å². The molecule has 0 radical (unpaired) electrons. The number of aromatic nitrogens is 2. The number of carbonyl (C=O) groups excluding carboxylic acids is 2. The van der Waals surface area contributed by atoms with Crippen LogP contribution in [0, 0.1) is 0 Å². The van der Waals surface area contributed by atoms with Crippen LogP contribution in [0.4, 0.5) is 10.8 Å². The first-order valence-electron chi connectivity index (χ1n) is 10.1. The minimum Gasteiger partial charge on any atom is -0.325 e. The molecule has 3 rings (SSSR count). The molecule has 0 spiro atoms. The Kier molecular flexibility index (Phi) is 7.54. The third kappa shape index (κ3) is 5.85. The molecule has 1 unspecified atom stereocenters. The molecule has 1 aromatic carbocycles. The molecule has 30 heavy (non-hydrogen) atoms. The van der Waals surface area contributed by atoms with Crippen molar-refractivity contribution in [1.29, 1.82) is 0 Å². The van der Waals surface area contributed by atoms with Gasteiger partial charge in [-0.1, -0.05) is 55.7 Å². The van der Waals surface area contributed by atoms with Crippen molar-refractivity contribution in [3.8, 4) is 0 Å². The molecule has 10 heteroatoms. The highest BCUT2D eigenvalue weighted by molar-refractivity contribution is 7.93. The molecule has 2 aromatic rings. The summed E-state index contributed by atoms with van der Waals surface area (Å²) in [5.41, 5.74) is 0.499. The lowest BCUT2D eigenvalue weighted by atomic mass is 9.90. The average molecular weight is 451 g/mol. The van der Waals surface area contributed by atoms with Gasteiger partial charge < -0.3 is 5.32 Å². The summed E-state index contributed by atoms with van der Waals surface area (Å²) < 4.78 is 25.4. The van der Waals surface area contributed by atoms with Gasteiger partial charge in [-0.2, -0.15) is 0 Å². The quantitative estimate of drug-likeness (QED) is 0.637. The van der Waals surface area contributed by atoms with E-state index < -0.39 is 32.7 Å². The van der Waals surface area contributed by atoms with Crippen LogP contribution in [0.2, 0.25) is 0 Å². The van der Waals surface area contributed by atoms with Crippen LogP contribution in [-0.4, -0.2) is 41.4 Å². The third-order valence-corrected chi connectivity index (χ3v) is 8.19. The first-order valence-corrected chi connectivity index (χ1v) is 12.6. The van der Waals surface area contributed by atoms with E-state index in [-0.39, 0.29) is 6.42 Å². The predicted octanol–water partition coefficient (Wildman–Crippen LogP) is 3.36. The summed E-state index contributed by atoms with van der Waals surface area (Å²) in [5, 5.41) is 13.1. The minimum atomic E-state index is -3.99. The van der Waals surface area contributed by atoms with Crippen LogP contribution < -0.4 is 10.6 Å². The average Bonchev–Trinajstić information content (AvgIpc) is 3.17. The summed E-state index contributed by atoms with van der Waals surface area (Å²) in [7, 11) is -3.99. The highest BCUT2D eigenvalue weighted by Gasteiger charge is 2.33. The van der Waals surface area contributed by atoms with Crippen LogP contribution in [-0.2, 0) is 19.4 Å². The number of hydrogen-bond donors (Lipinski definition) is 2. The Morgan fingerprint density at radius 1 is 1.10 bits per heavy atom. The van der Waals surface area contributed by atoms with Gasteiger partial charge in [0.1, 0.15) is 16.0 Å². The van der Waals surface area contributed by atoms with Crippen molar-refractivity contribution in [2.24, 2.45) is 0 Å². The zero-order chi connectivity index (χ0) is 21.6. The summed E-state index contributed by atoms with van der Waals surface area (Å²) in [6.07, 6.45) is 5.73. The van der Waals surface area contributed by atoms with Crippen LogP contribution in [0.25, 0.3) is 0 Å². The van der Waals surface area contributed by atoms with E-state index in [0.29, 0.717) is 16.7 Å². The van der Waals surface area contributed by atoms with E-state index in [4.69, 9.17) is 0 Å². The normalized spacial score (nSPS) is 16.0. The number of sulfone groups is 1. The number of nitrogens with one attached hydrogen (secondary N) is 2.